The van der Waals surface area contributed by atoms with E-state index in [9.17, 15) is 4.79 Å². The molecular formula is C32H47N9O8. The van der Waals surface area contributed by atoms with E-state index in [1.807, 2.05) is 21.7 Å². The van der Waals surface area contributed by atoms with Crippen molar-refractivity contribution in [2.24, 2.45) is 5.73 Å². The van der Waals surface area contributed by atoms with E-state index in [4.69, 9.17) is 55.1 Å². The first-order valence-corrected chi connectivity index (χ1v) is 16.6. The molecule has 6 N–H and O–H groups in total. The Bertz CT molecular complexity index is 1590. The zero-order valence-electron chi connectivity index (χ0n) is 27.8. The minimum absolute atomic E-state index is 0.0446. The molecule has 0 saturated carbocycles. The van der Waals surface area contributed by atoms with Crippen LogP contribution in [0.3, 0.4) is 0 Å². The van der Waals surface area contributed by atoms with Gasteiger partial charge < -0.3 is 54.9 Å². The van der Waals surface area contributed by atoms with Crippen LogP contribution in [0.4, 0.5) is 11.8 Å². The van der Waals surface area contributed by atoms with Crippen molar-refractivity contribution in [2.75, 3.05) is 110 Å². The number of amides is 1. The number of nitrogens with two attached hydrogens (primary N) is 3. The summed E-state index contributed by atoms with van der Waals surface area (Å²) in [5, 5.41) is 5.62. The highest BCUT2D eigenvalue weighted by atomic mass is 16.6. The molecule has 1 fully saturated rings. The summed E-state index contributed by atoms with van der Waals surface area (Å²) >= 11 is 0. The van der Waals surface area contributed by atoms with Crippen molar-refractivity contribution in [2.45, 2.75) is 25.3 Å². The van der Waals surface area contributed by atoms with Crippen molar-refractivity contribution in [1.82, 2.24) is 29.6 Å². The highest BCUT2D eigenvalue weighted by Gasteiger charge is 2.28. The van der Waals surface area contributed by atoms with Gasteiger partial charge in [0.05, 0.1) is 97.1 Å². The summed E-state index contributed by atoms with van der Waals surface area (Å²) in [6.45, 7) is 7.44. The maximum absolute atomic E-state index is 12.9. The number of carbonyl (C=O) groups is 1. The second kappa shape index (κ2) is 19.3. The van der Waals surface area contributed by atoms with Crippen molar-refractivity contribution >= 4 is 39.9 Å². The number of hydrogen-bond acceptors (Lipinski definition) is 15. The molecule has 268 valence electrons. The highest BCUT2D eigenvalue weighted by molar-refractivity contribution is 5.99. The number of rotatable bonds is 22. The van der Waals surface area contributed by atoms with Gasteiger partial charge >= 0.3 is 0 Å². The average Bonchev–Trinajstić information content (AvgIpc) is 3.69. The van der Waals surface area contributed by atoms with E-state index < -0.39 is 0 Å². The minimum atomic E-state index is 0.0446. The molecule has 17 heteroatoms. The fourth-order valence-corrected chi connectivity index (χ4v) is 5.51. The lowest BCUT2D eigenvalue weighted by molar-refractivity contribution is -0.133. The third-order valence-electron chi connectivity index (χ3n) is 7.94. The number of piperidine rings is 1. The van der Waals surface area contributed by atoms with Crippen LogP contribution in [-0.4, -0.2) is 134 Å². The van der Waals surface area contributed by atoms with Gasteiger partial charge in [0.15, 0.2) is 11.2 Å². The molecule has 0 spiro atoms. The van der Waals surface area contributed by atoms with Gasteiger partial charge in [-0.05, 0) is 31.0 Å². The number of nitrogens with zero attached hydrogens (tertiary/aromatic N) is 6. The van der Waals surface area contributed by atoms with Crippen LogP contribution >= 0.6 is 0 Å². The fourth-order valence-electron chi connectivity index (χ4n) is 5.51. The van der Waals surface area contributed by atoms with Crippen molar-refractivity contribution < 1.29 is 37.6 Å². The Morgan fingerprint density at radius 1 is 0.816 bits per heavy atom. The first-order chi connectivity index (χ1) is 24.0. The van der Waals surface area contributed by atoms with Crippen LogP contribution in [0.25, 0.3) is 33.4 Å². The highest BCUT2D eigenvalue weighted by Crippen LogP contribution is 2.35. The Balaban J connectivity index is 0.938. The van der Waals surface area contributed by atoms with E-state index in [-0.39, 0.29) is 18.0 Å². The molecule has 4 heterocycles. The molecule has 0 unspecified atom stereocenters. The number of ether oxygens (including phenoxy) is 6. The molecule has 1 saturated heterocycles. The van der Waals surface area contributed by atoms with Crippen LogP contribution in [-0.2, 0) is 33.2 Å². The number of anilines is 2. The Hall–Kier alpha value is -3.97. The molecule has 17 nitrogen and oxygen atoms in total. The molecule has 0 radical (unpaired) electrons. The first kappa shape index (κ1) is 36.3. The summed E-state index contributed by atoms with van der Waals surface area (Å²) in [4.78, 5) is 27.7. The van der Waals surface area contributed by atoms with E-state index in [1.165, 1.54) is 6.33 Å². The summed E-state index contributed by atoms with van der Waals surface area (Å²) in [6.07, 6.45) is 3.22. The normalized spacial score (nSPS) is 14.0. The van der Waals surface area contributed by atoms with Gasteiger partial charge in [0, 0.05) is 25.2 Å². The number of carbonyl (C=O) groups excluding carboxylic acids is 1. The Morgan fingerprint density at radius 2 is 1.41 bits per heavy atom. The Labute approximate surface area is 284 Å². The van der Waals surface area contributed by atoms with E-state index in [0.717, 1.165) is 18.4 Å². The first-order valence-electron chi connectivity index (χ1n) is 16.6. The molecule has 49 heavy (non-hydrogen) atoms. The van der Waals surface area contributed by atoms with E-state index in [2.05, 4.69) is 15.0 Å². The number of nitrogen functional groups attached to an aromatic ring is 2. The van der Waals surface area contributed by atoms with Gasteiger partial charge in [-0.3, -0.25) is 4.79 Å². The molecule has 4 aromatic rings. The molecule has 1 amide bonds. The van der Waals surface area contributed by atoms with Crippen LogP contribution in [0.5, 0.6) is 0 Å². The predicted octanol–water partition coefficient (Wildman–Crippen LogP) is 1.41. The molecule has 1 aromatic carbocycles. The molecule has 0 aliphatic carbocycles. The van der Waals surface area contributed by atoms with Crippen LogP contribution in [0.1, 0.15) is 25.3 Å². The summed E-state index contributed by atoms with van der Waals surface area (Å²) in [7, 11) is 0. The van der Waals surface area contributed by atoms with Crippen molar-refractivity contribution in [3.63, 3.8) is 0 Å². The SMILES string of the molecule is NCCOCCOCCOCCOCCOCCOCCC(=O)N1CCC(n2nc(-c3ccc4oc(N)nc4c3)c3c(N)ncnc32)CC1. The van der Waals surface area contributed by atoms with Crippen molar-refractivity contribution in [3.8, 4) is 11.3 Å². The lowest BCUT2D eigenvalue weighted by Crippen LogP contribution is -2.39. The summed E-state index contributed by atoms with van der Waals surface area (Å²) < 4.78 is 40.0. The number of benzene rings is 1. The van der Waals surface area contributed by atoms with Gasteiger partial charge in [0.1, 0.15) is 23.4 Å². The number of fused-ring (bicyclic) bond motifs is 2. The molecule has 3 aromatic heterocycles. The van der Waals surface area contributed by atoms with Gasteiger partial charge in [0.2, 0.25) is 5.91 Å². The monoisotopic (exact) mass is 685 g/mol. The predicted molar refractivity (Wildman–Crippen MR) is 181 cm³/mol. The van der Waals surface area contributed by atoms with Crippen molar-refractivity contribution in [3.05, 3.63) is 24.5 Å². The second-order valence-electron chi connectivity index (χ2n) is 11.3. The molecular weight excluding hydrogens is 638 g/mol. The number of oxazole rings is 1. The fraction of sp³-hybridized carbons (Fsp3) is 0.594. The quantitative estimate of drug-likeness (QED) is 0.0995. The van der Waals surface area contributed by atoms with E-state index >= 15 is 0 Å². The molecule has 1 aliphatic heterocycles. The molecule has 0 bridgehead atoms. The third kappa shape index (κ3) is 10.5. The zero-order chi connectivity index (χ0) is 34.3. The summed E-state index contributed by atoms with van der Waals surface area (Å²) in [5.41, 5.74) is 20.7. The van der Waals surface area contributed by atoms with E-state index in [1.54, 1.807) is 6.07 Å². The number of hydrogen-bond donors (Lipinski definition) is 3. The molecule has 5 rings (SSSR count). The Morgan fingerprint density at radius 3 is 2.02 bits per heavy atom. The van der Waals surface area contributed by atoms with Gasteiger partial charge in [-0.25, -0.2) is 14.6 Å². The van der Waals surface area contributed by atoms with Gasteiger partial charge in [-0.1, -0.05) is 0 Å². The maximum atomic E-state index is 12.9. The third-order valence-corrected chi connectivity index (χ3v) is 7.94. The van der Waals surface area contributed by atoms with Crippen LogP contribution in [0.15, 0.2) is 28.9 Å². The van der Waals surface area contributed by atoms with Gasteiger partial charge in [0.25, 0.3) is 6.01 Å². The standard InChI is InChI=1S/C32H47N9O8/c33-6-10-44-12-14-46-16-18-48-20-19-47-17-15-45-13-11-43-9-5-27(42)40-7-3-24(4-8-40)41-31-28(30(34)36-22-37-31)29(39-41)23-1-2-26-25(21-23)38-32(35)49-26/h1-2,21-22,24H,3-20,33H2,(H2,35,38)(H2,34,36,37). The van der Waals surface area contributed by atoms with Crippen LogP contribution in [0.2, 0.25) is 0 Å². The minimum Gasteiger partial charge on any atom is -0.424 e. The number of aromatic nitrogens is 5. The van der Waals surface area contributed by atoms with Gasteiger partial charge in [-0.15, -0.1) is 0 Å². The molecule has 1 aliphatic rings. The van der Waals surface area contributed by atoms with Gasteiger partial charge in [-0.2, -0.15) is 10.1 Å². The largest absolute Gasteiger partial charge is 0.424 e. The van der Waals surface area contributed by atoms with Crippen LogP contribution in [0, 0.1) is 0 Å². The van der Waals surface area contributed by atoms with Crippen LogP contribution < -0.4 is 17.2 Å². The zero-order valence-corrected chi connectivity index (χ0v) is 27.8. The average molecular weight is 686 g/mol. The number of likely N-dealkylation sites (tertiary alicyclic amines) is 1. The Kier molecular flexibility index (Phi) is 14.3. The molecule has 0 atom stereocenters. The maximum Gasteiger partial charge on any atom is 0.292 e. The summed E-state index contributed by atoms with van der Waals surface area (Å²) in [6, 6.07) is 5.70. The summed E-state index contributed by atoms with van der Waals surface area (Å²) in [5.74, 6) is 0.411. The second-order valence-corrected chi connectivity index (χ2v) is 11.3. The lowest BCUT2D eigenvalue weighted by Gasteiger charge is -2.32. The van der Waals surface area contributed by atoms with E-state index in [0.29, 0.717) is 139 Å². The van der Waals surface area contributed by atoms with Crippen molar-refractivity contribution in [1.29, 1.82) is 0 Å². The topological polar surface area (TPSA) is 223 Å². The lowest BCUT2D eigenvalue weighted by atomic mass is 10.0. The smallest absolute Gasteiger partial charge is 0.292 e.